The molecular weight excluding hydrogens is 224 g/mol. The van der Waals surface area contributed by atoms with Gasteiger partial charge >= 0.3 is 5.97 Å². The molecule has 0 radical (unpaired) electrons. The summed E-state index contributed by atoms with van der Waals surface area (Å²) in [5.74, 6) is -0.113. The van der Waals surface area contributed by atoms with Gasteiger partial charge in [-0.15, -0.1) is 0 Å². The highest BCUT2D eigenvalue weighted by molar-refractivity contribution is 5.69. The summed E-state index contributed by atoms with van der Waals surface area (Å²) < 4.78 is 0. The van der Waals surface area contributed by atoms with Gasteiger partial charge in [0.05, 0.1) is 6.42 Å². The summed E-state index contributed by atoms with van der Waals surface area (Å²) in [7, 11) is 0. The van der Waals surface area contributed by atoms with Crippen LogP contribution in [0, 0.1) is 0 Å². The molecule has 1 aliphatic carbocycles. The lowest BCUT2D eigenvalue weighted by Gasteiger charge is -2.23. The number of carboxylic acids is 1. The van der Waals surface area contributed by atoms with Gasteiger partial charge in [0, 0.05) is 5.41 Å². The van der Waals surface area contributed by atoms with E-state index in [0.29, 0.717) is 5.92 Å². The van der Waals surface area contributed by atoms with Gasteiger partial charge in [-0.3, -0.25) is 4.79 Å². The lowest BCUT2D eigenvalue weighted by molar-refractivity contribution is -0.138. The molecule has 2 nitrogen and oxygen atoms in total. The maximum absolute atomic E-state index is 11.0. The SMILES string of the molecule is CCC(C)c1ccc2c(c1)CCC2(C)CC(=O)O. The second kappa shape index (κ2) is 4.75. The van der Waals surface area contributed by atoms with E-state index in [1.54, 1.807) is 0 Å². The first-order valence-electron chi connectivity index (χ1n) is 6.81. The third kappa shape index (κ3) is 2.29. The highest BCUT2D eigenvalue weighted by Crippen LogP contribution is 2.42. The first-order chi connectivity index (χ1) is 8.46. The molecule has 2 unspecified atom stereocenters. The van der Waals surface area contributed by atoms with Gasteiger partial charge in [0.25, 0.3) is 0 Å². The Bertz CT molecular complexity index is 464. The Morgan fingerprint density at radius 1 is 1.50 bits per heavy atom. The molecule has 1 aliphatic rings. The van der Waals surface area contributed by atoms with E-state index in [1.807, 2.05) is 0 Å². The van der Waals surface area contributed by atoms with Gasteiger partial charge in [-0.05, 0) is 41.9 Å². The first-order valence-corrected chi connectivity index (χ1v) is 6.81. The molecule has 0 heterocycles. The maximum atomic E-state index is 11.0. The minimum atomic E-state index is -0.698. The summed E-state index contributed by atoms with van der Waals surface area (Å²) in [5.41, 5.74) is 3.82. The Morgan fingerprint density at radius 3 is 2.83 bits per heavy atom. The Labute approximate surface area is 109 Å². The van der Waals surface area contributed by atoms with E-state index in [0.717, 1.165) is 19.3 Å². The molecule has 0 spiro atoms. The molecule has 0 saturated heterocycles. The number of hydrogen-bond donors (Lipinski definition) is 1. The van der Waals surface area contributed by atoms with Crippen LogP contribution in [0.1, 0.15) is 62.6 Å². The summed E-state index contributed by atoms with van der Waals surface area (Å²) in [5, 5.41) is 9.05. The van der Waals surface area contributed by atoms with Crippen LogP contribution in [0.2, 0.25) is 0 Å². The van der Waals surface area contributed by atoms with Crippen LogP contribution in [-0.2, 0) is 16.6 Å². The van der Waals surface area contributed by atoms with E-state index < -0.39 is 5.97 Å². The average molecular weight is 246 g/mol. The summed E-state index contributed by atoms with van der Waals surface area (Å²) in [6, 6.07) is 6.63. The van der Waals surface area contributed by atoms with Crippen molar-refractivity contribution in [1.29, 1.82) is 0 Å². The van der Waals surface area contributed by atoms with Crippen LogP contribution in [0.4, 0.5) is 0 Å². The Kier molecular flexibility index (Phi) is 3.47. The zero-order chi connectivity index (χ0) is 13.3. The highest BCUT2D eigenvalue weighted by atomic mass is 16.4. The molecular formula is C16H22O2. The number of fused-ring (bicyclic) bond motifs is 1. The number of benzene rings is 1. The molecule has 1 aromatic rings. The average Bonchev–Trinajstić information content (AvgIpc) is 2.64. The summed E-state index contributed by atoms with van der Waals surface area (Å²) in [6.45, 7) is 6.52. The van der Waals surface area contributed by atoms with Crippen molar-refractivity contribution in [3.05, 3.63) is 34.9 Å². The van der Waals surface area contributed by atoms with Crippen molar-refractivity contribution in [1.82, 2.24) is 0 Å². The van der Waals surface area contributed by atoms with E-state index in [-0.39, 0.29) is 11.8 Å². The van der Waals surface area contributed by atoms with Crippen LogP contribution in [0.15, 0.2) is 18.2 Å². The smallest absolute Gasteiger partial charge is 0.304 e. The third-order valence-electron chi connectivity index (χ3n) is 4.45. The van der Waals surface area contributed by atoms with Crippen LogP contribution in [0.5, 0.6) is 0 Å². The van der Waals surface area contributed by atoms with Gasteiger partial charge < -0.3 is 5.11 Å². The molecule has 98 valence electrons. The number of carboxylic acid groups (broad SMARTS) is 1. The Morgan fingerprint density at radius 2 is 2.22 bits per heavy atom. The van der Waals surface area contributed by atoms with Gasteiger partial charge in [-0.1, -0.05) is 39.0 Å². The van der Waals surface area contributed by atoms with Crippen LogP contribution in [0.3, 0.4) is 0 Å². The molecule has 1 aromatic carbocycles. The van der Waals surface area contributed by atoms with E-state index in [4.69, 9.17) is 5.11 Å². The molecule has 2 rings (SSSR count). The van der Waals surface area contributed by atoms with Crippen molar-refractivity contribution in [2.45, 2.75) is 57.8 Å². The normalized spacial score (nSPS) is 23.7. The van der Waals surface area contributed by atoms with Gasteiger partial charge in [0.1, 0.15) is 0 Å². The van der Waals surface area contributed by atoms with Crippen molar-refractivity contribution in [3.8, 4) is 0 Å². The summed E-state index contributed by atoms with van der Waals surface area (Å²) in [6.07, 6.45) is 3.36. The zero-order valence-electron chi connectivity index (χ0n) is 11.5. The second-order valence-electron chi connectivity index (χ2n) is 5.86. The molecule has 0 saturated carbocycles. The Hall–Kier alpha value is -1.31. The van der Waals surface area contributed by atoms with Crippen molar-refractivity contribution in [2.75, 3.05) is 0 Å². The molecule has 1 N–H and O–H groups in total. The largest absolute Gasteiger partial charge is 0.481 e. The lowest BCUT2D eigenvalue weighted by Crippen LogP contribution is -2.22. The Balaban J connectivity index is 2.33. The van der Waals surface area contributed by atoms with Crippen molar-refractivity contribution >= 4 is 5.97 Å². The topological polar surface area (TPSA) is 37.3 Å². The molecule has 0 aromatic heterocycles. The molecule has 0 aliphatic heterocycles. The van der Waals surface area contributed by atoms with Gasteiger partial charge in [0.15, 0.2) is 0 Å². The minimum absolute atomic E-state index is 0.171. The van der Waals surface area contributed by atoms with E-state index in [9.17, 15) is 4.79 Å². The monoisotopic (exact) mass is 246 g/mol. The molecule has 0 amide bonds. The van der Waals surface area contributed by atoms with E-state index in [2.05, 4.69) is 39.0 Å². The van der Waals surface area contributed by atoms with Crippen LogP contribution in [0.25, 0.3) is 0 Å². The summed E-state index contributed by atoms with van der Waals surface area (Å²) >= 11 is 0. The predicted molar refractivity (Wildman–Crippen MR) is 73.1 cm³/mol. The molecule has 0 fully saturated rings. The van der Waals surface area contributed by atoms with Gasteiger partial charge in [-0.25, -0.2) is 0 Å². The molecule has 2 heteroatoms. The van der Waals surface area contributed by atoms with Gasteiger partial charge in [-0.2, -0.15) is 0 Å². The minimum Gasteiger partial charge on any atom is -0.481 e. The van der Waals surface area contributed by atoms with Crippen LogP contribution >= 0.6 is 0 Å². The highest BCUT2D eigenvalue weighted by Gasteiger charge is 2.36. The number of hydrogen-bond acceptors (Lipinski definition) is 1. The van der Waals surface area contributed by atoms with Crippen molar-refractivity contribution in [2.24, 2.45) is 0 Å². The number of carbonyl (C=O) groups is 1. The number of rotatable bonds is 4. The number of aliphatic carboxylic acids is 1. The van der Waals surface area contributed by atoms with E-state index >= 15 is 0 Å². The van der Waals surface area contributed by atoms with Crippen molar-refractivity contribution in [3.63, 3.8) is 0 Å². The lowest BCUT2D eigenvalue weighted by atomic mass is 9.80. The third-order valence-corrected chi connectivity index (χ3v) is 4.45. The first kappa shape index (κ1) is 13.1. The van der Waals surface area contributed by atoms with E-state index in [1.165, 1.54) is 16.7 Å². The van der Waals surface area contributed by atoms with Crippen LogP contribution in [-0.4, -0.2) is 11.1 Å². The zero-order valence-corrected chi connectivity index (χ0v) is 11.5. The molecule has 2 atom stereocenters. The second-order valence-corrected chi connectivity index (χ2v) is 5.86. The standard InChI is InChI=1S/C16H22O2/c1-4-11(2)12-5-6-14-13(9-12)7-8-16(14,3)10-15(17)18/h5-6,9,11H,4,7-8,10H2,1-3H3,(H,17,18). The summed E-state index contributed by atoms with van der Waals surface area (Å²) in [4.78, 5) is 11.0. The fourth-order valence-corrected chi connectivity index (χ4v) is 3.01. The predicted octanol–water partition coefficient (Wildman–Crippen LogP) is 3.88. The molecule has 0 bridgehead atoms. The number of aryl methyl sites for hydroxylation is 1. The quantitative estimate of drug-likeness (QED) is 0.875. The molecule has 18 heavy (non-hydrogen) atoms. The van der Waals surface area contributed by atoms with Gasteiger partial charge in [0.2, 0.25) is 0 Å². The fraction of sp³-hybridized carbons (Fsp3) is 0.562. The van der Waals surface area contributed by atoms with Crippen LogP contribution < -0.4 is 0 Å². The fourth-order valence-electron chi connectivity index (χ4n) is 3.01. The van der Waals surface area contributed by atoms with Crippen molar-refractivity contribution < 1.29 is 9.90 Å². The maximum Gasteiger partial charge on any atom is 0.304 e.